The zero-order chi connectivity index (χ0) is 13.9. The largest absolute Gasteiger partial charge is 0.279 e. The van der Waals surface area contributed by atoms with Crippen LogP contribution in [0.5, 0.6) is 0 Å². The molecule has 0 radical (unpaired) electrons. The highest BCUT2D eigenvalue weighted by atomic mass is 32.2. The fraction of sp³-hybridized carbons (Fsp3) is 0.455. The van der Waals surface area contributed by atoms with Crippen molar-refractivity contribution in [3.05, 3.63) is 22.4 Å². The molecule has 1 aliphatic heterocycles. The average molecular weight is 302 g/mol. The number of sulfone groups is 1. The number of hydrogen-bond donors (Lipinski definition) is 2. The van der Waals surface area contributed by atoms with Gasteiger partial charge in [-0.2, -0.15) is 0 Å². The van der Waals surface area contributed by atoms with Gasteiger partial charge in [0.25, 0.3) is 5.91 Å². The molecule has 1 saturated heterocycles. The van der Waals surface area contributed by atoms with Gasteiger partial charge in [0.15, 0.2) is 9.84 Å². The Labute approximate surface area is 115 Å². The molecule has 0 saturated carbocycles. The molecule has 2 amide bonds. The molecule has 0 spiro atoms. The van der Waals surface area contributed by atoms with Crippen LogP contribution in [0.1, 0.15) is 22.5 Å². The summed E-state index contributed by atoms with van der Waals surface area (Å²) in [6.45, 7) is 0. The molecule has 19 heavy (non-hydrogen) atoms. The molecule has 0 unspecified atom stereocenters. The Hall–Kier alpha value is -1.41. The molecule has 2 rings (SSSR count). The molecule has 0 aromatic carbocycles. The number of amides is 2. The molecule has 8 heteroatoms. The maximum atomic E-state index is 11.6. The van der Waals surface area contributed by atoms with Crippen molar-refractivity contribution in [2.45, 2.75) is 12.8 Å². The molecule has 1 atom stereocenters. The summed E-state index contributed by atoms with van der Waals surface area (Å²) in [5, 5.41) is 1.76. The van der Waals surface area contributed by atoms with Gasteiger partial charge in [-0.1, -0.05) is 6.07 Å². The second kappa shape index (κ2) is 5.70. The highest BCUT2D eigenvalue weighted by Gasteiger charge is 2.29. The molecular weight excluding hydrogens is 288 g/mol. The van der Waals surface area contributed by atoms with E-state index in [1.165, 1.54) is 11.3 Å². The van der Waals surface area contributed by atoms with E-state index in [-0.39, 0.29) is 35.7 Å². The molecule has 2 heterocycles. The van der Waals surface area contributed by atoms with E-state index < -0.39 is 9.84 Å². The van der Waals surface area contributed by atoms with E-state index in [0.29, 0.717) is 11.3 Å². The Morgan fingerprint density at radius 2 is 2.16 bits per heavy atom. The van der Waals surface area contributed by atoms with Gasteiger partial charge in [-0.25, -0.2) is 8.42 Å². The average Bonchev–Trinajstić information content (AvgIpc) is 2.96. The fourth-order valence-corrected chi connectivity index (χ4v) is 4.42. The van der Waals surface area contributed by atoms with Gasteiger partial charge >= 0.3 is 0 Å². The van der Waals surface area contributed by atoms with Crippen LogP contribution in [0.15, 0.2) is 17.5 Å². The highest BCUT2D eigenvalue weighted by molar-refractivity contribution is 7.91. The van der Waals surface area contributed by atoms with Crippen molar-refractivity contribution < 1.29 is 18.0 Å². The Morgan fingerprint density at radius 3 is 2.74 bits per heavy atom. The van der Waals surface area contributed by atoms with Crippen LogP contribution in [0.4, 0.5) is 0 Å². The summed E-state index contributed by atoms with van der Waals surface area (Å²) in [5.41, 5.74) is 4.60. The van der Waals surface area contributed by atoms with Gasteiger partial charge in [0.05, 0.1) is 16.4 Å². The third kappa shape index (κ3) is 4.03. The highest BCUT2D eigenvalue weighted by Crippen LogP contribution is 2.21. The molecule has 104 valence electrons. The van der Waals surface area contributed by atoms with Crippen LogP contribution in [0, 0.1) is 5.92 Å². The molecule has 2 N–H and O–H groups in total. The molecule has 1 aromatic rings. The number of hydrazine groups is 1. The first-order chi connectivity index (χ1) is 8.96. The van der Waals surface area contributed by atoms with Crippen molar-refractivity contribution >= 4 is 33.0 Å². The number of hydrogen-bond acceptors (Lipinski definition) is 5. The summed E-state index contributed by atoms with van der Waals surface area (Å²) in [4.78, 5) is 23.6. The van der Waals surface area contributed by atoms with Gasteiger partial charge in [-0.3, -0.25) is 20.4 Å². The first kappa shape index (κ1) is 14.0. The lowest BCUT2D eigenvalue weighted by Crippen LogP contribution is -2.42. The van der Waals surface area contributed by atoms with Crippen LogP contribution in [-0.4, -0.2) is 31.7 Å². The molecule has 0 aliphatic carbocycles. The minimum Gasteiger partial charge on any atom is -0.273 e. The van der Waals surface area contributed by atoms with Crippen LogP contribution < -0.4 is 10.9 Å². The molecular formula is C11H14N2O4S2. The zero-order valence-corrected chi connectivity index (χ0v) is 11.7. The minimum atomic E-state index is -2.97. The minimum absolute atomic E-state index is 0.0549. The number of thiophene rings is 1. The smallest absolute Gasteiger partial charge is 0.273 e. The van der Waals surface area contributed by atoms with E-state index in [9.17, 15) is 18.0 Å². The van der Waals surface area contributed by atoms with Crippen molar-refractivity contribution in [2.75, 3.05) is 11.5 Å². The SMILES string of the molecule is O=C(C[C@@H]1CCS(=O)(=O)C1)NNC(=O)c1cccs1. The summed E-state index contributed by atoms with van der Waals surface area (Å²) in [5.74, 6) is -0.691. The molecule has 1 aromatic heterocycles. The van der Waals surface area contributed by atoms with E-state index in [4.69, 9.17) is 0 Å². The van der Waals surface area contributed by atoms with Gasteiger partial charge in [-0.15, -0.1) is 11.3 Å². The monoisotopic (exact) mass is 302 g/mol. The predicted molar refractivity (Wildman–Crippen MR) is 71.3 cm³/mol. The molecule has 1 aliphatic rings. The maximum Gasteiger partial charge on any atom is 0.279 e. The van der Waals surface area contributed by atoms with E-state index in [1.54, 1.807) is 17.5 Å². The Morgan fingerprint density at radius 1 is 1.37 bits per heavy atom. The van der Waals surface area contributed by atoms with Gasteiger partial charge < -0.3 is 0 Å². The van der Waals surface area contributed by atoms with Crippen molar-refractivity contribution in [3.8, 4) is 0 Å². The van der Waals surface area contributed by atoms with Gasteiger partial charge in [0.2, 0.25) is 5.91 Å². The third-order valence-corrected chi connectivity index (χ3v) is 5.57. The van der Waals surface area contributed by atoms with Crippen molar-refractivity contribution in [1.29, 1.82) is 0 Å². The number of rotatable bonds is 3. The molecule has 0 bridgehead atoms. The summed E-state index contributed by atoms with van der Waals surface area (Å²) < 4.78 is 22.5. The van der Waals surface area contributed by atoms with Crippen LogP contribution >= 0.6 is 11.3 Å². The van der Waals surface area contributed by atoms with Crippen molar-refractivity contribution in [2.24, 2.45) is 5.92 Å². The van der Waals surface area contributed by atoms with Crippen LogP contribution in [-0.2, 0) is 14.6 Å². The third-order valence-electron chi connectivity index (χ3n) is 2.86. The second-order valence-corrected chi connectivity index (χ2v) is 7.63. The lowest BCUT2D eigenvalue weighted by molar-refractivity contribution is -0.122. The van der Waals surface area contributed by atoms with Crippen molar-refractivity contribution in [3.63, 3.8) is 0 Å². The first-order valence-electron chi connectivity index (χ1n) is 5.79. The standard InChI is InChI=1S/C11H14N2O4S2/c14-10(6-8-3-5-19(16,17)7-8)12-13-11(15)9-2-1-4-18-9/h1-2,4,8H,3,5-7H2,(H,12,14)(H,13,15)/t8-/m0/s1. The maximum absolute atomic E-state index is 11.6. The van der Waals surface area contributed by atoms with Gasteiger partial charge in [-0.05, 0) is 23.8 Å². The summed E-state index contributed by atoms with van der Waals surface area (Å²) in [6, 6.07) is 3.39. The van der Waals surface area contributed by atoms with E-state index in [0.717, 1.165) is 0 Å². The van der Waals surface area contributed by atoms with Crippen molar-refractivity contribution in [1.82, 2.24) is 10.9 Å². The summed E-state index contributed by atoms with van der Waals surface area (Å²) in [6.07, 6.45) is 0.624. The number of carbonyl (C=O) groups is 2. The Kier molecular flexibility index (Phi) is 4.20. The predicted octanol–water partition coefficient (Wildman–Crippen LogP) is 0.334. The lowest BCUT2D eigenvalue weighted by atomic mass is 10.1. The van der Waals surface area contributed by atoms with E-state index >= 15 is 0 Å². The Bertz CT molecular complexity index is 566. The van der Waals surface area contributed by atoms with Crippen LogP contribution in [0.3, 0.4) is 0 Å². The number of carbonyl (C=O) groups excluding carboxylic acids is 2. The quantitative estimate of drug-likeness (QED) is 0.787. The van der Waals surface area contributed by atoms with E-state index in [2.05, 4.69) is 10.9 Å². The zero-order valence-electron chi connectivity index (χ0n) is 10.1. The van der Waals surface area contributed by atoms with Gasteiger partial charge in [0.1, 0.15) is 0 Å². The number of nitrogens with one attached hydrogen (secondary N) is 2. The Balaban J connectivity index is 1.75. The van der Waals surface area contributed by atoms with Crippen LogP contribution in [0.25, 0.3) is 0 Å². The topological polar surface area (TPSA) is 92.3 Å². The molecule has 6 nitrogen and oxygen atoms in total. The summed E-state index contributed by atoms with van der Waals surface area (Å²) in [7, 11) is -2.97. The van der Waals surface area contributed by atoms with Crippen LogP contribution in [0.2, 0.25) is 0 Å². The van der Waals surface area contributed by atoms with E-state index in [1.807, 2.05) is 0 Å². The normalized spacial score (nSPS) is 20.9. The second-order valence-electron chi connectivity index (χ2n) is 4.45. The lowest BCUT2D eigenvalue weighted by Gasteiger charge is -2.09. The first-order valence-corrected chi connectivity index (χ1v) is 8.49. The summed E-state index contributed by atoms with van der Waals surface area (Å²) >= 11 is 1.27. The fourth-order valence-electron chi connectivity index (χ4n) is 1.94. The van der Waals surface area contributed by atoms with Gasteiger partial charge in [0, 0.05) is 6.42 Å². The molecule has 1 fully saturated rings.